The molecule has 0 saturated carbocycles. The summed E-state index contributed by atoms with van der Waals surface area (Å²) in [4.78, 5) is 14.3. The molecule has 1 unspecified atom stereocenters. The first-order chi connectivity index (χ1) is 7.56. The Hall–Kier alpha value is -0.570. The Morgan fingerprint density at radius 2 is 1.81 bits per heavy atom. The molecule has 1 aliphatic heterocycles. The molecule has 1 rings (SSSR count). The normalized spacial score (nSPS) is 20.2. The van der Waals surface area contributed by atoms with E-state index in [1.165, 1.54) is 12.8 Å². The van der Waals surface area contributed by atoms with Gasteiger partial charge < -0.3 is 10.2 Å². The summed E-state index contributed by atoms with van der Waals surface area (Å²) in [6.07, 6.45) is 3.40. The zero-order chi connectivity index (χ0) is 12.1. The third kappa shape index (κ3) is 3.48. The molecule has 1 N–H and O–H groups in total. The molecular weight excluding hydrogens is 200 g/mol. The third-order valence-corrected chi connectivity index (χ3v) is 3.43. The molecule has 0 spiro atoms. The molecule has 0 aromatic carbocycles. The predicted octanol–water partition coefficient (Wildman–Crippen LogP) is 2.02. The van der Waals surface area contributed by atoms with E-state index in [-0.39, 0.29) is 6.04 Å². The molecule has 94 valence electrons. The summed E-state index contributed by atoms with van der Waals surface area (Å²) < 4.78 is 0. The fourth-order valence-electron chi connectivity index (χ4n) is 2.11. The number of carbonyl (C=O) groups excluding carboxylic acids is 1. The maximum atomic E-state index is 12.3. The van der Waals surface area contributed by atoms with Gasteiger partial charge in [-0.3, -0.25) is 4.79 Å². The topological polar surface area (TPSA) is 32.3 Å². The van der Waals surface area contributed by atoms with E-state index in [2.05, 4.69) is 33.0 Å². The van der Waals surface area contributed by atoms with E-state index in [1.807, 2.05) is 4.90 Å². The van der Waals surface area contributed by atoms with Crippen LogP contribution in [-0.2, 0) is 4.79 Å². The van der Waals surface area contributed by atoms with Gasteiger partial charge in [-0.1, -0.05) is 20.8 Å². The fraction of sp³-hybridized carbons (Fsp3) is 0.923. The van der Waals surface area contributed by atoms with Crippen molar-refractivity contribution in [3.63, 3.8) is 0 Å². The lowest BCUT2D eigenvalue weighted by atomic mass is 10.0. The molecule has 1 saturated heterocycles. The molecule has 16 heavy (non-hydrogen) atoms. The van der Waals surface area contributed by atoms with Crippen molar-refractivity contribution in [1.82, 2.24) is 10.2 Å². The average Bonchev–Trinajstić information content (AvgIpc) is 2.77. The van der Waals surface area contributed by atoms with Crippen molar-refractivity contribution in [3.05, 3.63) is 0 Å². The van der Waals surface area contributed by atoms with Crippen LogP contribution in [0, 0.1) is 5.92 Å². The lowest BCUT2D eigenvalue weighted by Gasteiger charge is -2.29. The van der Waals surface area contributed by atoms with E-state index in [0.717, 1.165) is 19.5 Å². The molecule has 0 aromatic rings. The zero-order valence-corrected chi connectivity index (χ0v) is 11.1. The van der Waals surface area contributed by atoms with E-state index in [9.17, 15) is 4.79 Å². The van der Waals surface area contributed by atoms with Crippen LogP contribution in [-0.4, -0.2) is 36.0 Å². The summed E-state index contributed by atoms with van der Waals surface area (Å²) >= 11 is 0. The van der Waals surface area contributed by atoms with Crippen LogP contribution in [0.1, 0.15) is 47.0 Å². The summed E-state index contributed by atoms with van der Waals surface area (Å²) in [6, 6.07) is 0.409. The van der Waals surface area contributed by atoms with E-state index in [1.54, 1.807) is 0 Å². The van der Waals surface area contributed by atoms with Crippen LogP contribution in [0.4, 0.5) is 0 Å². The van der Waals surface area contributed by atoms with Crippen LogP contribution in [0.3, 0.4) is 0 Å². The second-order valence-electron chi connectivity index (χ2n) is 5.23. The highest BCUT2D eigenvalue weighted by molar-refractivity contribution is 5.82. The Morgan fingerprint density at radius 3 is 2.25 bits per heavy atom. The number of amides is 1. The standard InChI is InChI=1S/C13H26N2O/c1-5-11(4)14-12(10(2)3)13(16)15-8-6-7-9-15/h10-12,14H,5-9H2,1-4H3/t11?,12-/m0/s1. The molecule has 0 radical (unpaired) electrons. The smallest absolute Gasteiger partial charge is 0.239 e. The maximum absolute atomic E-state index is 12.3. The first-order valence-electron chi connectivity index (χ1n) is 6.61. The second kappa shape index (κ2) is 6.24. The van der Waals surface area contributed by atoms with Gasteiger partial charge in [-0.15, -0.1) is 0 Å². The van der Waals surface area contributed by atoms with Gasteiger partial charge in [0.1, 0.15) is 0 Å². The van der Waals surface area contributed by atoms with Gasteiger partial charge in [-0.05, 0) is 32.1 Å². The number of rotatable bonds is 5. The van der Waals surface area contributed by atoms with E-state index in [0.29, 0.717) is 17.9 Å². The fourth-order valence-corrected chi connectivity index (χ4v) is 2.11. The van der Waals surface area contributed by atoms with Crippen molar-refractivity contribution in [3.8, 4) is 0 Å². The molecule has 0 aliphatic carbocycles. The van der Waals surface area contributed by atoms with Crippen LogP contribution in [0.5, 0.6) is 0 Å². The monoisotopic (exact) mass is 226 g/mol. The molecule has 1 amide bonds. The molecule has 3 nitrogen and oxygen atoms in total. The van der Waals surface area contributed by atoms with Crippen molar-refractivity contribution < 1.29 is 4.79 Å². The van der Waals surface area contributed by atoms with Crippen molar-refractivity contribution in [2.45, 2.75) is 59.0 Å². The minimum atomic E-state index is -0.00644. The van der Waals surface area contributed by atoms with Crippen LogP contribution in [0.15, 0.2) is 0 Å². The summed E-state index contributed by atoms with van der Waals surface area (Å²) in [5.74, 6) is 0.662. The van der Waals surface area contributed by atoms with Crippen molar-refractivity contribution in [2.24, 2.45) is 5.92 Å². The molecule has 1 aliphatic rings. The Bertz CT molecular complexity index is 222. The lowest BCUT2D eigenvalue weighted by Crippen LogP contribution is -2.51. The van der Waals surface area contributed by atoms with E-state index >= 15 is 0 Å². The summed E-state index contributed by atoms with van der Waals surface area (Å²) in [7, 11) is 0. The number of carbonyl (C=O) groups is 1. The number of hydrogen-bond donors (Lipinski definition) is 1. The van der Waals surface area contributed by atoms with Crippen LogP contribution < -0.4 is 5.32 Å². The zero-order valence-electron chi connectivity index (χ0n) is 11.1. The lowest BCUT2D eigenvalue weighted by molar-refractivity contribution is -0.133. The maximum Gasteiger partial charge on any atom is 0.239 e. The van der Waals surface area contributed by atoms with Gasteiger partial charge in [0.25, 0.3) is 0 Å². The third-order valence-electron chi connectivity index (χ3n) is 3.43. The molecule has 1 heterocycles. The largest absolute Gasteiger partial charge is 0.341 e. The number of nitrogens with zero attached hydrogens (tertiary/aromatic N) is 1. The molecular formula is C13H26N2O. The molecule has 3 heteroatoms. The summed E-state index contributed by atoms with van der Waals surface area (Å²) in [5, 5.41) is 3.45. The number of nitrogens with one attached hydrogen (secondary N) is 1. The highest BCUT2D eigenvalue weighted by Gasteiger charge is 2.29. The minimum Gasteiger partial charge on any atom is -0.341 e. The van der Waals surface area contributed by atoms with Crippen LogP contribution >= 0.6 is 0 Å². The van der Waals surface area contributed by atoms with Crippen LogP contribution in [0.25, 0.3) is 0 Å². The van der Waals surface area contributed by atoms with Crippen molar-refractivity contribution in [2.75, 3.05) is 13.1 Å². The molecule has 0 aromatic heterocycles. The van der Waals surface area contributed by atoms with Gasteiger partial charge >= 0.3 is 0 Å². The van der Waals surface area contributed by atoms with E-state index in [4.69, 9.17) is 0 Å². The van der Waals surface area contributed by atoms with Gasteiger partial charge in [-0.2, -0.15) is 0 Å². The molecule has 0 bridgehead atoms. The van der Waals surface area contributed by atoms with Crippen molar-refractivity contribution >= 4 is 5.91 Å². The van der Waals surface area contributed by atoms with Gasteiger partial charge in [-0.25, -0.2) is 0 Å². The highest BCUT2D eigenvalue weighted by Crippen LogP contribution is 2.13. The number of hydrogen-bond acceptors (Lipinski definition) is 2. The van der Waals surface area contributed by atoms with E-state index < -0.39 is 0 Å². The summed E-state index contributed by atoms with van der Waals surface area (Å²) in [5.41, 5.74) is 0. The van der Waals surface area contributed by atoms with Crippen molar-refractivity contribution in [1.29, 1.82) is 0 Å². The van der Waals surface area contributed by atoms with Gasteiger partial charge in [0.2, 0.25) is 5.91 Å². The van der Waals surface area contributed by atoms with Gasteiger partial charge in [0, 0.05) is 19.1 Å². The first kappa shape index (κ1) is 13.5. The quantitative estimate of drug-likeness (QED) is 0.778. The Morgan fingerprint density at radius 1 is 1.25 bits per heavy atom. The predicted molar refractivity (Wildman–Crippen MR) is 67.3 cm³/mol. The molecule has 1 fully saturated rings. The second-order valence-corrected chi connectivity index (χ2v) is 5.23. The van der Waals surface area contributed by atoms with Gasteiger partial charge in [0.15, 0.2) is 0 Å². The Balaban J connectivity index is 2.57. The highest BCUT2D eigenvalue weighted by atomic mass is 16.2. The summed E-state index contributed by atoms with van der Waals surface area (Å²) in [6.45, 7) is 10.4. The Kier molecular flexibility index (Phi) is 5.26. The van der Waals surface area contributed by atoms with Gasteiger partial charge in [0.05, 0.1) is 6.04 Å². The molecule has 2 atom stereocenters. The van der Waals surface area contributed by atoms with Crippen LogP contribution in [0.2, 0.25) is 0 Å². The first-order valence-corrected chi connectivity index (χ1v) is 6.61. The average molecular weight is 226 g/mol. The SMILES string of the molecule is CCC(C)N[C@H](C(=O)N1CCCC1)C(C)C. The minimum absolute atomic E-state index is 0.00644. The Labute approximate surface area is 99.6 Å². The number of likely N-dealkylation sites (tertiary alicyclic amines) is 1.